The highest BCUT2D eigenvalue weighted by Gasteiger charge is 2.30. The van der Waals surface area contributed by atoms with Gasteiger partial charge in [0.15, 0.2) is 0 Å². The molecule has 0 saturated carbocycles. The van der Waals surface area contributed by atoms with E-state index in [-0.39, 0.29) is 11.4 Å². The van der Waals surface area contributed by atoms with Crippen LogP contribution in [0.15, 0.2) is 12.3 Å². The smallest absolute Gasteiger partial charge is 0.110 e. The number of allylic oxidation sites excluding steroid dienone is 1. The van der Waals surface area contributed by atoms with Crippen molar-refractivity contribution in [2.75, 3.05) is 17.3 Å². The number of hydrogen-bond acceptors (Lipinski definition) is 3. The van der Waals surface area contributed by atoms with E-state index in [1.807, 2.05) is 13.8 Å². The van der Waals surface area contributed by atoms with Crippen molar-refractivity contribution in [3.63, 3.8) is 0 Å². The Morgan fingerprint density at radius 3 is 2.79 bits per heavy atom. The first kappa shape index (κ1) is 11.9. The van der Waals surface area contributed by atoms with Crippen LogP contribution < -0.4 is 0 Å². The maximum atomic E-state index is 11.6. The second-order valence-corrected chi connectivity index (χ2v) is 6.64. The summed E-state index contributed by atoms with van der Waals surface area (Å²) < 4.78 is 28.3. The molecule has 1 heterocycles. The molecule has 0 bridgehead atoms. The van der Waals surface area contributed by atoms with Crippen LogP contribution in [0.1, 0.15) is 13.8 Å². The topological polar surface area (TPSA) is 43.4 Å². The van der Waals surface area contributed by atoms with Crippen LogP contribution in [0.4, 0.5) is 0 Å². The predicted molar refractivity (Wildman–Crippen MR) is 60.0 cm³/mol. The van der Waals surface area contributed by atoms with Gasteiger partial charge in [-0.3, -0.25) is 8.42 Å². The van der Waals surface area contributed by atoms with Gasteiger partial charge in [-0.15, -0.1) is 0 Å². The molecule has 5 heteroatoms. The van der Waals surface area contributed by atoms with Crippen LogP contribution in [0.25, 0.3) is 0 Å². The SMILES string of the molecule is C/C=C/OC(C)C1CS(=O)CCS1=O. The molecule has 1 aliphatic rings. The Bertz CT molecular complexity index is 263. The van der Waals surface area contributed by atoms with Gasteiger partial charge in [0.25, 0.3) is 0 Å². The standard InChI is InChI=1S/C9H16O3S2/c1-3-4-12-8(2)9-7-13(10)5-6-14(9)11/h3-4,8-9H,5-7H2,1-2H3/b4-3+. The number of rotatable bonds is 3. The first-order valence-corrected chi connectivity index (χ1v) is 7.51. The van der Waals surface area contributed by atoms with Crippen LogP contribution in [0.2, 0.25) is 0 Å². The van der Waals surface area contributed by atoms with Crippen LogP contribution in [-0.2, 0) is 26.3 Å². The minimum absolute atomic E-state index is 0.0826. The van der Waals surface area contributed by atoms with E-state index in [2.05, 4.69) is 0 Å². The summed E-state index contributed by atoms with van der Waals surface area (Å²) in [5.74, 6) is 1.62. The molecule has 1 saturated heterocycles. The minimum Gasteiger partial charge on any atom is -0.497 e. The largest absolute Gasteiger partial charge is 0.497 e. The van der Waals surface area contributed by atoms with E-state index < -0.39 is 21.6 Å². The monoisotopic (exact) mass is 236 g/mol. The van der Waals surface area contributed by atoms with Crippen molar-refractivity contribution in [2.45, 2.75) is 25.2 Å². The van der Waals surface area contributed by atoms with Crippen LogP contribution in [0.3, 0.4) is 0 Å². The summed E-state index contributed by atoms with van der Waals surface area (Å²) in [6, 6.07) is 0. The maximum Gasteiger partial charge on any atom is 0.110 e. The third-order valence-electron chi connectivity index (χ3n) is 2.15. The molecular formula is C9H16O3S2. The summed E-state index contributed by atoms with van der Waals surface area (Å²) in [5.41, 5.74) is 0. The quantitative estimate of drug-likeness (QED) is 0.681. The fraction of sp³-hybridized carbons (Fsp3) is 0.778. The molecule has 0 aromatic rings. The minimum atomic E-state index is -0.884. The zero-order valence-electron chi connectivity index (χ0n) is 8.47. The van der Waals surface area contributed by atoms with Gasteiger partial charge in [-0.05, 0) is 13.8 Å². The van der Waals surface area contributed by atoms with Crippen molar-refractivity contribution in [3.8, 4) is 0 Å². The Morgan fingerprint density at radius 1 is 1.43 bits per heavy atom. The van der Waals surface area contributed by atoms with E-state index in [0.29, 0.717) is 17.3 Å². The van der Waals surface area contributed by atoms with Gasteiger partial charge in [-0.25, -0.2) is 0 Å². The molecule has 0 aliphatic carbocycles. The fourth-order valence-corrected chi connectivity index (χ4v) is 5.37. The Labute approximate surface area is 89.8 Å². The molecule has 3 nitrogen and oxygen atoms in total. The van der Waals surface area contributed by atoms with E-state index in [9.17, 15) is 8.42 Å². The first-order valence-electron chi connectivity index (χ1n) is 4.64. The van der Waals surface area contributed by atoms with Gasteiger partial charge in [0.1, 0.15) is 6.10 Å². The molecule has 14 heavy (non-hydrogen) atoms. The lowest BCUT2D eigenvalue weighted by Gasteiger charge is -2.25. The molecule has 1 fully saturated rings. The van der Waals surface area contributed by atoms with E-state index >= 15 is 0 Å². The Hall–Kier alpha value is -0.160. The molecule has 0 spiro atoms. The van der Waals surface area contributed by atoms with Crippen molar-refractivity contribution >= 4 is 21.6 Å². The molecule has 0 amide bonds. The van der Waals surface area contributed by atoms with Gasteiger partial charge in [-0.1, -0.05) is 6.08 Å². The summed E-state index contributed by atoms with van der Waals surface area (Å²) in [4.78, 5) is 0. The lowest BCUT2D eigenvalue weighted by atomic mass is 10.3. The molecule has 1 rings (SSSR count). The Kier molecular flexibility index (Phi) is 4.81. The molecule has 4 atom stereocenters. The highest BCUT2D eigenvalue weighted by atomic mass is 32.2. The summed E-state index contributed by atoms with van der Waals surface area (Å²) in [6.45, 7) is 3.74. The lowest BCUT2D eigenvalue weighted by molar-refractivity contribution is 0.162. The molecule has 0 aromatic heterocycles. The summed E-state index contributed by atoms with van der Waals surface area (Å²) >= 11 is 0. The van der Waals surface area contributed by atoms with Gasteiger partial charge in [0.05, 0.1) is 11.5 Å². The average Bonchev–Trinajstić information content (AvgIpc) is 2.18. The zero-order chi connectivity index (χ0) is 10.6. The molecule has 0 aromatic carbocycles. The normalized spacial score (nSPS) is 35.7. The van der Waals surface area contributed by atoms with E-state index in [0.717, 1.165) is 0 Å². The number of ether oxygens (including phenoxy) is 1. The van der Waals surface area contributed by atoms with Crippen molar-refractivity contribution in [1.82, 2.24) is 0 Å². The molecular weight excluding hydrogens is 220 g/mol. The second-order valence-electron chi connectivity index (χ2n) is 3.24. The van der Waals surface area contributed by atoms with Crippen LogP contribution in [0, 0.1) is 0 Å². The van der Waals surface area contributed by atoms with E-state index in [1.54, 1.807) is 12.3 Å². The van der Waals surface area contributed by atoms with Gasteiger partial charge < -0.3 is 4.74 Å². The maximum absolute atomic E-state index is 11.6. The fourth-order valence-electron chi connectivity index (χ4n) is 1.31. The average molecular weight is 236 g/mol. The van der Waals surface area contributed by atoms with Crippen LogP contribution in [0.5, 0.6) is 0 Å². The van der Waals surface area contributed by atoms with E-state index in [4.69, 9.17) is 4.74 Å². The summed E-state index contributed by atoms with van der Waals surface area (Å²) in [5, 5.41) is -0.0826. The molecule has 1 aliphatic heterocycles. The molecule has 0 radical (unpaired) electrons. The third-order valence-corrected chi connectivity index (χ3v) is 5.84. The predicted octanol–water partition coefficient (Wildman–Crippen LogP) is 0.805. The Balaban J connectivity index is 2.55. The summed E-state index contributed by atoms with van der Waals surface area (Å²) in [6.07, 6.45) is 3.27. The third kappa shape index (κ3) is 3.20. The van der Waals surface area contributed by atoms with E-state index in [1.165, 1.54) is 0 Å². The highest BCUT2D eigenvalue weighted by molar-refractivity contribution is 7.92. The molecule has 0 N–H and O–H groups in total. The van der Waals surface area contributed by atoms with Crippen molar-refractivity contribution in [3.05, 3.63) is 12.3 Å². The van der Waals surface area contributed by atoms with Gasteiger partial charge >= 0.3 is 0 Å². The number of hydrogen-bond donors (Lipinski definition) is 0. The lowest BCUT2D eigenvalue weighted by Crippen LogP contribution is -2.41. The van der Waals surface area contributed by atoms with Crippen molar-refractivity contribution < 1.29 is 13.2 Å². The Morgan fingerprint density at radius 2 is 2.14 bits per heavy atom. The van der Waals surface area contributed by atoms with Crippen LogP contribution >= 0.6 is 0 Å². The first-order chi connectivity index (χ1) is 6.65. The molecule has 82 valence electrons. The summed E-state index contributed by atoms with van der Waals surface area (Å²) in [7, 11) is -1.70. The van der Waals surface area contributed by atoms with Crippen molar-refractivity contribution in [2.24, 2.45) is 0 Å². The zero-order valence-corrected chi connectivity index (χ0v) is 10.1. The second kappa shape index (κ2) is 5.66. The molecule has 4 unspecified atom stereocenters. The van der Waals surface area contributed by atoms with Crippen LogP contribution in [-0.4, -0.2) is 37.0 Å². The van der Waals surface area contributed by atoms with Gasteiger partial charge in [0.2, 0.25) is 0 Å². The van der Waals surface area contributed by atoms with Gasteiger partial charge in [-0.2, -0.15) is 0 Å². The highest BCUT2D eigenvalue weighted by Crippen LogP contribution is 2.14. The van der Waals surface area contributed by atoms with Gasteiger partial charge in [0, 0.05) is 38.9 Å². The van der Waals surface area contributed by atoms with Crippen molar-refractivity contribution in [1.29, 1.82) is 0 Å².